The molecule has 0 spiro atoms. The zero-order chi connectivity index (χ0) is 21.7. The van der Waals surface area contributed by atoms with Crippen LogP contribution in [0.1, 0.15) is 37.7 Å². The van der Waals surface area contributed by atoms with Gasteiger partial charge in [-0.25, -0.2) is 22.7 Å². The molecule has 3 rings (SSSR count). The lowest BCUT2D eigenvalue weighted by Crippen LogP contribution is -2.47. The third kappa shape index (κ3) is 4.99. The summed E-state index contributed by atoms with van der Waals surface area (Å²) in [6.07, 6.45) is 5.05. The lowest BCUT2D eigenvalue weighted by molar-refractivity contribution is -0.125. The predicted octanol–water partition coefficient (Wildman–Crippen LogP) is 1.66. The van der Waals surface area contributed by atoms with E-state index in [-0.39, 0.29) is 10.8 Å². The normalized spacial score (nSPS) is 16.7. The number of hydrogen-bond acceptors (Lipinski definition) is 5. The Balaban J connectivity index is 1.52. The fourth-order valence-electron chi connectivity index (χ4n) is 3.68. The highest BCUT2D eigenvalue weighted by molar-refractivity contribution is 7.90. The summed E-state index contributed by atoms with van der Waals surface area (Å²) in [5.74, 6) is -0.174. The van der Waals surface area contributed by atoms with E-state index in [1.807, 2.05) is 4.72 Å². The molecule has 0 bridgehead atoms. The van der Waals surface area contributed by atoms with Gasteiger partial charge in [-0.15, -0.1) is 0 Å². The minimum Gasteiger partial charge on any atom is -0.340 e. The number of urea groups is 2. The van der Waals surface area contributed by atoms with Crippen molar-refractivity contribution >= 4 is 28.0 Å². The highest BCUT2D eigenvalue weighted by Gasteiger charge is 2.31. The number of nitrogens with one attached hydrogen (secondary N) is 3. The Labute approximate surface area is 175 Å². The number of hydrogen-bond donors (Lipinski definition) is 3. The second-order valence-electron chi connectivity index (χ2n) is 7.31. The van der Waals surface area contributed by atoms with Crippen molar-refractivity contribution in [3.63, 3.8) is 0 Å². The minimum atomic E-state index is -3.93. The summed E-state index contributed by atoms with van der Waals surface area (Å²) in [5, 5.41) is 4.95. The van der Waals surface area contributed by atoms with E-state index in [4.69, 9.17) is 0 Å². The summed E-state index contributed by atoms with van der Waals surface area (Å²) in [7, 11) is -2.61. The number of sulfonamides is 1. The molecule has 1 aromatic carbocycles. The molecule has 0 saturated heterocycles. The second kappa shape index (κ2) is 9.29. The summed E-state index contributed by atoms with van der Waals surface area (Å²) in [6, 6.07) is 4.82. The predicted molar refractivity (Wildman–Crippen MR) is 110 cm³/mol. The van der Waals surface area contributed by atoms with Gasteiger partial charge in [0.05, 0.1) is 4.90 Å². The monoisotopic (exact) mass is 434 g/mol. The number of carbonyl (C=O) groups is 3. The van der Waals surface area contributed by atoms with Crippen molar-refractivity contribution in [2.75, 3.05) is 20.1 Å². The van der Waals surface area contributed by atoms with E-state index in [0.29, 0.717) is 19.5 Å². The zero-order valence-corrected chi connectivity index (χ0v) is 17.7. The largest absolute Gasteiger partial charge is 0.340 e. The van der Waals surface area contributed by atoms with Gasteiger partial charge in [0, 0.05) is 25.7 Å². The number of carbonyl (C=O) groups excluding carboxylic acids is 3. The molecule has 1 heterocycles. The minimum absolute atomic E-state index is 0.0330. The van der Waals surface area contributed by atoms with Crippen LogP contribution in [0.5, 0.6) is 0 Å². The lowest BCUT2D eigenvalue weighted by atomic mass is 9.87. The molecule has 2 aliphatic rings. The third-order valence-electron chi connectivity index (χ3n) is 5.35. The SMILES string of the molecule is CNC(=O)NS(=O)(=O)c1ccc(CCNC(=O)N2CCC3=C(CCCC3)C2=O)cc1. The molecule has 0 unspecified atom stereocenters. The van der Waals surface area contributed by atoms with E-state index in [0.717, 1.165) is 43.2 Å². The summed E-state index contributed by atoms with van der Waals surface area (Å²) >= 11 is 0. The van der Waals surface area contributed by atoms with Gasteiger partial charge in [-0.3, -0.25) is 9.69 Å². The van der Waals surface area contributed by atoms with Crippen LogP contribution in [0, 0.1) is 0 Å². The van der Waals surface area contributed by atoms with Crippen LogP contribution in [0.3, 0.4) is 0 Å². The average Bonchev–Trinajstić information content (AvgIpc) is 2.74. The topological polar surface area (TPSA) is 125 Å². The van der Waals surface area contributed by atoms with Gasteiger partial charge in [0.1, 0.15) is 0 Å². The zero-order valence-electron chi connectivity index (χ0n) is 16.9. The van der Waals surface area contributed by atoms with Crippen molar-refractivity contribution in [2.45, 2.75) is 43.4 Å². The summed E-state index contributed by atoms with van der Waals surface area (Å²) < 4.78 is 26.0. The molecule has 9 nitrogen and oxygen atoms in total. The number of benzene rings is 1. The summed E-state index contributed by atoms with van der Waals surface area (Å²) in [5.41, 5.74) is 2.83. The number of rotatable bonds is 5. The van der Waals surface area contributed by atoms with Crippen LogP contribution in [0.2, 0.25) is 0 Å². The van der Waals surface area contributed by atoms with Crippen LogP contribution in [-0.4, -0.2) is 51.4 Å². The Bertz CT molecular complexity index is 969. The Morgan fingerprint density at radius 3 is 2.47 bits per heavy atom. The molecule has 162 valence electrons. The van der Waals surface area contributed by atoms with Crippen molar-refractivity contribution in [1.29, 1.82) is 0 Å². The fraction of sp³-hybridized carbons (Fsp3) is 0.450. The fourth-order valence-corrected chi connectivity index (χ4v) is 4.64. The van der Waals surface area contributed by atoms with E-state index in [2.05, 4.69) is 10.6 Å². The summed E-state index contributed by atoms with van der Waals surface area (Å²) in [6.45, 7) is 0.728. The van der Waals surface area contributed by atoms with Crippen LogP contribution in [0.25, 0.3) is 0 Å². The Morgan fingerprint density at radius 2 is 1.77 bits per heavy atom. The maximum Gasteiger partial charge on any atom is 0.328 e. The van der Waals surface area contributed by atoms with Crippen molar-refractivity contribution in [3.05, 3.63) is 41.0 Å². The van der Waals surface area contributed by atoms with E-state index in [1.165, 1.54) is 29.7 Å². The van der Waals surface area contributed by atoms with Crippen LogP contribution in [0.4, 0.5) is 9.59 Å². The van der Waals surface area contributed by atoms with E-state index in [1.54, 1.807) is 12.1 Å². The van der Waals surface area contributed by atoms with E-state index in [9.17, 15) is 22.8 Å². The molecule has 0 radical (unpaired) electrons. The van der Waals surface area contributed by atoms with Gasteiger partial charge < -0.3 is 10.6 Å². The van der Waals surface area contributed by atoms with Gasteiger partial charge in [-0.05, 0) is 56.2 Å². The van der Waals surface area contributed by atoms with Crippen LogP contribution >= 0.6 is 0 Å². The first-order chi connectivity index (χ1) is 14.3. The molecule has 0 fully saturated rings. The molecule has 5 amide bonds. The molecule has 0 aromatic heterocycles. The highest BCUT2D eigenvalue weighted by Crippen LogP contribution is 2.31. The van der Waals surface area contributed by atoms with Crippen LogP contribution < -0.4 is 15.4 Å². The quantitative estimate of drug-likeness (QED) is 0.650. The first kappa shape index (κ1) is 21.8. The molecule has 0 saturated carbocycles. The molecule has 3 N–H and O–H groups in total. The molecule has 1 aromatic rings. The highest BCUT2D eigenvalue weighted by atomic mass is 32.2. The summed E-state index contributed by atoms with van der Waals surface area (Å²) in [4.78, 5) is 37.5. The van der Waals surface area contributed by atoms with Crippen molar-refractivity contribution in [3.8, 4) is 0 Å². The average molecular weight is 435 g/mol. The first-order valence-corrected chi connectivity index (χ1v) is 11.4. The number of amides is 5. The molecule has 1 aliphatic heterocycles. The lowest BCUT2D eigenvalue weighted by Gasteiger charge is -2.31. The molecular formula is C20H26N4O5S. The van der Waals surface area contributed by atoms with Gasteiger partial charge >= 0.3 is 12.1 Å². The van der Waals surface area contributed by atoms with Crippen molar-refractivity contribution in [1.82, 2.24) is 20.3 Å². The smallest absolute Gasteiger partial charge is 0.328 e. The van der Waals surface area contributed by atoms with E-state index < -0.39 is 22.1 Å². The van der Waals surface area contributed by atoms with Gasteiger partial charge in [0.15, 0.2) is 0 Å². The maximum absolute atomic E-state index is 12.6. The van der Waals surface area contributed by atoms with Gasteiger partial charge in [-0.2, -0.15) is 0 Å². The molecule has 10 heteroatoms. The third-order valence-corrected chi connectivity index (χ3v) is 6.69. The van der Waals surface area contributed by atoms with Gasteiger partial charge in [0.25, 0.3) is 15.9 Å². The Hall–Kier alpha value is -2.88. The Morgan fingerprint density at radius 1 is 1.07 bits per heavy atom. The first-order valence-electron chi connectivity index (χ1n) is 9.96. The van der Waals surface area contributed by atoms with Crippen molar-refractivity contribution < 1.29 is 22.8 Å². The molecular weight excluding hydrogens is 408 g/mol. The van der Waals surface area contributed by atoms with Crippen molar-refractivity contribution in [2.24, 2.45) is 0 Å². The standard InChI is InChI=1S/C20H26N4O5S/c1-21-19(26)23-30(28,29)16-8-6-14(7-9-16)10-12-22-20(27)24-13-11-15-4-2-3-5-17(15)18(24)25/h6-9H,2-5,10-13H2,1H3,(H,22,27)(H2,21,23,26). The molecule has 30 heavy (non-hydrogen) atoms. The van der Waals surface area contributed by atoms with Gasteiger partial charge in [-0.1, -0.05) is 17.7 Å². The molecule has 1 aliphatic carbocycles. The number of nitrogens with zero attached hydrogens (tertiary/aromatic N) is 1. The van der Waals surface area contributed by atoms with Crippen LogP contribution in [-0.2, 0) is 21.2 Å². The Kier molecular flexibility index (Phi) is 6.76. The number of imide groups is 1. The van der Waals surface area contributed by atoms with E-state index >= 15 is 0 Å². The second-order valence-corrected chi connectivity index (χ2v) is 8.99. The van der Waals surface area contributed by atoms with Crippen LogP contribution in [0.15, 0.2) is 40.3 Å². The maximum atomic E-state index is 12.6. The molecule has 0 atom stereocenters. The van der Waals surface area contributed by atoms with Gasteiger partial charge in [0.2, 0.25) is 0 Å².